The lowest BCUT2D eigenvalue weighted by Crippen LogP contribution is -2.00. The molecule has 21 heavy (non-hydrogen) atoms. The van der Waals surface area contributed by atoms with Gasteiger partial charge in [-0.05, 0) is 30.9 Å². The third-order valence-corrected chi connectivity index (χ3v) is 5.33. The summed E-state index contributed by atoms with van der Waals surface area (Å²) in [5, 5.41) is 12.2. The van der Waals surface area contributed by atoms with E-state index < -0.39 is 0 Å². The van der Waals surface area contributed by atoms with Gasteiger partial charge in [-0.1, -0.05) is 48.2 Å². The van der Waals surface area contributed by atoms with Gasteiger partial charge >= 0.3 is 0 Å². The van der Waals surface area contributed by atoms with Gasteiger partial charge in [0.1, 0.15) is 0 Å². The zero-order chi connectivity index (χ0) is 14.7. The highest BCUT2D eigenvalue weighted by atomic mass is 32.2. The van der Waals surface area contributed by atoms with Crippen molar-refractivity contribution in [3.63, 3.8) is 0 Å². The van der Waals surface area contributed by atoms with Crippen LogP contribution in [0.25, 0.3) is 10.7 Å². The first kappa shape index (κ1) is 14.4. The summed E-state index contributed by atoms with van der Waals surface area (Å²) in [5.41, 5.74) is 1.31. The second kappa shape index (κ2) is 6.45. The molecule has 2 aromatic heterocycles. The first-order valence-corrected chi connectivity index (χ1v) is 8.74. The lowest BCUT2D eigenvalue weighted by Gasteiger charge is -2.12. The van der Waals surface area contributed by atoms with E-state index in [9.17, 15) is 0 Å². The second-order valence-electron chi connectivity index (χ2n) is 4.70. The van der Waals surface area contributed by atoms with Gasteiger partial charge in [-0.3, -0.25) is 0 Å². The Kier molecular flexibility index (Phi) is 4.41. The number of aromatic nitrogens is 3. The maximum Gasteiger partial charge on any atom is 0.192 e. The quantitative estimate of drug-likeness (QED) is 0.629. The first-order valence-electron chi connectivity index (χ1n) is 6.98. The van der Waals surface area contributed by atoms with Crippen molar-refractivity contribution in [1.29, 1.82) is 0 Å². The maximum atomic E-state index is 4.39. The monoisotopic (exact) mass is 315 g/mol. The summed E-state index contributed by atoms with van der Waals surface area (Å²) in [5.74, 6) is 0.968. The summed E-state index contributed by atoms with van der Waals surface area (Å²) >= 11 is 3.46. The van der Waals surface area contributed by atoms with Crippen LogP contribution in [0.3, 0.4) is 0 Å². The number of hydrogen-bond acceptors (Lipinski definition) is 4. The number of benzene rings is 1. The largest absolute Gasteiger partial charge is 0.302 e. The Hall–Kier alpha value is -1.59. The Labute approximate surface area is 133 Å². The Morgan fingerprint density at radius 2 is 1.95 bits per heavy atom. The maximum absolute atomic E-state index is 4.39. The molecular formula is C16H17N3S2. The van der Waals surface area contributed by atoms with Gasteiger partial charge in [0.15, 0.2) is 11.0 Å². The van der Waals surface area contributed by atoms with E-state index >= 15 is 0 Å². The minimum absolute atomic E-state index is 0.358. The number of hydrogen-bond donors (Lipinski definition) is 0. The molecule has 3 aromatic rings. The molecule has 0 saturated carbocycles. The van der Waals surface area contributed by atoms with Crippen molar-refractivity contribution in [2.75, 3.05) is 0 Å². The Morgan fingerprint density at radius 1 is 1.14 bits per heavy atom. The van der Waals surface area contributed by atoms with Crippen molar-refractivity contribution in [2.45, 2.75) is 30.8 Å². The molecule has 0 amide bonds. The highest BCUT2D eigenvalue weighted by Crippen LogP contribution is 2.35. The van der Waals surface area contributed by atoms with E-state index in [1.807, 2.05) is 12.1 Å². The molecule has 0 radical (unpaired) electrons. The number of thioether (sulfide) groups is 1. The van der Waals surface area contributed by atoms with Gasteiger partial charge in [-0.25, -0.2) is 0 Å². The molecule has 1 atom stereocenters. The van der Waals surface area contributed by atoms with E-state index in [1.54, 1.807) is 23.1 Å². The lowest BCUT2D eigenvalue weighted by atomic mass is 10.2. The average molecular weight is 315 g/mol. The SMILES string of the molecule is CCn1c(SC(C)c2ccccc2)nnc1-c1cccs1. The van der Waals surface area contributed by atoms with Gasteiger partial charge in [0.2, 0.25) is 0 Å². The van der Waals surface area contributed by atoms with Crippen LogP contribution in [0, 0.1) is 0 Å². The summed E-state index contributed by atoms with van der Waals surface area (Å²) in [6, 6.07) is 14.7. The van der Waals surface area contributed by atoms with Gasteiger partial charge in [0, 0.05) is 11.8 Å². The predicted octanol–water partition coefficient (Wildman–Crippen LogP) is 4.88. The van der Waals surface area contributed by atoms with Gasteiger partial charge in [0.25, 0.3) is 0 Å². The molecule has 0 fully saturated rings. The van der Waals surface area contributed by atoms with Crippen LogP contribution in [0.1, 0.15) is 24.7 Å². The normalized spacial score (nSPS) is 12.5. The van der Waals surface area contributed by atoms with E-state index in [0.717, 1.165) is 17.5 Å². The molecule has 3 nitrogen and oxygen atoms in total. The molecular weight excluding hydrogens is 298 g/mol. The van der Waals surface area contributed by atoms with Crippen LogP contribution in [0.15, 0.2) is 53.0 Å². The Balaban J connectivity index is 1.86. The third-order valence-electron chi connectivity index (χ3n) is 3.33. The first-order chi connectivity index (χ1) is 10.3. The van der Waals surface area contributed by atoms with Crippen LogP contribution in [0.2, 0.25) is 0 Å². The topological polar surface area (TPSA) is 30.7 Å². The van der Waals surface area contributed by atoms with Crippen molar-refractivity contribution in [1.82, 2.24) is 14.8 Å². The zero-order valence-corrected chi connectivity index (χ0v) is 13.7. The van der Waals surface area contributed by atoms with Crippen LogP contribution in [-0.2, 0) is 6.54 Å². The molecule has 2 heterocycles. The average Bonchev–Trinajstić information content (AvgIpc) is 3.16. The summed E-state index contributed by atoms with van der Waals surface area (Å²) in [6.07, 6.45) is 0. The van der Waals surface area contributed by atoms with Crippen molar-refractivity contribution in [2.24, 2.45) is 0 Å². The minimum atomic E-state index is 0.358. The molecule has 0 aliphatic rings. The summed E-state index contributed by atoms with van der Waals surface area (Å²) in [4.78, 5) is 1.17. The van der Waals surface area contributed by atoms with Crippen LogP contribution in [-0.4, -0.2) is 14.8 Å². The molecule has 5 heteroatoms. The fourth-order valence-electron chi connectivity index (χ4n) is 2.20. The summed E-state index contributed by atoms with van der Waals surface area (Å²) < 4.78 is 2.19. The molecule has 3 rings (SSSR count). The van der Waals surface area contributed by atoms with Crippen LogP contribution in [0.4, 0.5) is 0 Å². The second-order valence-corrected chi connectivity index (χ2v) is 6.95. The fraction of sp³-hybridized carbons (Fsp3) is 0.250. The zero-order valence-electron chi connectivity index (χ0n) is 12.1. The van der Waals surface area contributed by atoms with Gasteiger partial charge in [-0.15, -0.1) is 21.5 Å². The van der Waals surface area contributed by atoms with Crippen molar-refractivity contribution in [3.05, 3.63) is 53.4 Å². The predicted molar refractivity (Wildman–Crippen MR) is 89.7 cm³/mol. The number of thiophene rings is 1. The van der Waals surface area contributed by atoms with E-state index in [0.29, 0.717) is 5.25 Å². The molecule has 0 spiro atoms. The molecule has 0 bridgehead atoms. The molecule has 0 aliphatic carbocycles. The third kappa shape index (κ3) is 3.04. The fourth-order valence-corrected chi connectivity index (χ4v) is 3.96. The van der Waals surface area contributed by atoms with Gasteiger partial charge < -0.3 is 4.57 Å². The van der Waals surface area contributed by atoms with E-state index in [2.05, 4.69) is 64.3 Å². The van der Waals surface area contributed by atoms with Crippen LogP contribution < -0.4 is 0 Å². The van der Waals surface area contributed by atoms with E-state index in [-0.39, 0.29) is 0 Å². The van der Waals surface area contributed by atoms with Crippen molar-refractivity contribution < 1.29 is 0 Å². The molecule has 1 unspecified atom stereocenters. The van der Waals surface area contributed by atoms with Crippen molar-refractivity contribution >= 4 is 23.1 Å². The highest BCUT2D eigenvalue weighted by molar-refractivity contribution is 7.99. The van der Waals surface area contributed by atoms with E-state index in [4.69, 9.17) is 0 Å². The highest BCUT2D eigenvalue weighted by Gasteiger charge is 2.17. The smallest absolute Gasteiger partial charge is 0.192 e. The minimum Gasteiger partial charge on any atom is -0.302 e. The molecule has 108 valence electrons. The van der Waals surface area contributed by atoms with E-state index in [1.165, 1.54) is 10.4 Å². The Morgan fingerprint density at radius 3 is 2.62 bits per heavy atom. The Bertz CT molecular complexity index is 690. The molecule has 1 aromatic carbocycles. The van der Waals surface area contributed by atoms with Gasteiger partial charge in [0.05, 0.1) is 4.88 Å². The van der Waals surface area contributed by atoms with Crippen molar-refractivity contribution in [3.8, 4) is 10.7 Å². The van der Waals surface area contributed by atoms with Gasteiger partial charge in [-0.2, -0.15) is 0 Å². The molecule has 0 N–H and O–H groups in total. The number of nitrogens with zero attached hydrogens (tertiary/aromatic N) is 3. The van der Waals surface area contributed by atoms with Crippen LogP contribution >= 0.6 is 23.1 Å². The molecule has 0 saturated heterocycles. The molecule has 0 aliphatic heterocycles. The lowest BCUT2D eigenvalue weighted by molar-refractivity contribution is 0.686. The van der Waals surface area contributed by atoms with Crippen LogP contribution in [0.5, 0.6) is 0 Å². The summed E-state index contributed by atoms with van der Waals surface area (Å²) in [6.45, 7) is 5.22. The standard InChI is InChI=1S/C16H17N3S2/c1-3-19-15(14-10-7-11-20-14)17-18-16(19)21-12(2)13-8-5-4-6-9-13/h4-12H,3H2,1-2H3. The number of rotatable bonds is 5. The summed E-state index contributed by atoms with van der Waals surface area (Å²) in [7, 11) is 0.